The molecule has 0 spiro atoms. The number of fused-ring (bicyclic) bond motifs is 1. The molecule has 7 heteroatoms. The van der Waals surface area contributed by atoms with E-state index in [-0.39, 0.29) is 0 Å². The van der Waals surface area contributed by atoms with E-state index in [2.05, 4.69) is 47.6 Å². The molecule has 1 fully saturated rings. The molecule has 0 unspecified atom stereocenters. The standard InChI is InChI=1S/C21H21N7/c1-2-18-16(6-8-23-18)19(3-1)27-21-24-9-7-17(26-21)15-4-5-20(25-14-15)28-12-10-22-11-13-28/h1-9,14,22-23H,10-13H2,(H,24,26,27). The molecule has 4 heterocycles. The van der Waals surface area contributed by atoms with Crippen molar-refractivity contribution in [1.29, 1.82) is 0 Å². The molecule has 0 bridgehead atoms. The van der Waals surface area contributed by atoms with E-state index in [0.29, 0.717) is 5.95 Å². The lowest BCUT2D eigenvalue weighted by molar-refractivity contribution is 0.585. The minimum absolute atomic E-state index is 0.567. The molecule has 1 aromatic carbocycles. The summed E-state index contributed by atoms with van der Waals surface area (Å²) in [6, 6.07) is 14.2. The highest BCUT2D eigenvalue weighted by atomic mass is 15.2. The van der Waals surface area contributed by atoms with Gasteiger partial charge < -0.3 is 20.5 Å². The Hall–Kier alpha value is -3.45. The first kappa shape index (κ1) is 16.7. The number of anilines is 3. The third-order valence-electron chi connectivity index (χ3n) is 4.98. The van der Waals surface area contributed by atoms with Crippen LogP contribution in [0.25, 0.3) is 22.2 Å². The van der Waals surface area contributed by atoms with Crippen molar-refractivity contribution in [2.24, 2.45) is 0 Å². The highest BCUT2D eigenvalue weighted by Gasteiger charge is 2.12. The first-order valence-corrected chi connectivity index (χ1v) is 9.45. The summed E-state index contributed by atoms with van der Waals surface area (Å²) in [5.41, 5.74) is 3.87. The van der Waals surface area contributed by atoms with Crippen LogP contribution in [0.4, 0.5) is 17.5 Å². The number of H-pyrrole nitrogens is 1. The maximum atomic E-state index is 4.68. The Bertz CT molecular complexity index is 1080. The Labute approximate surface area is 162 Å². The normalized spacial score (nSPS) is 14.4. The minimum Gasteiger partial charge on any atom is -0.361 e. The molecule has 1 saturated heterocycles. The summed E-state index contributed by atoms with van der Waals surface area (Å²) in [6.07, 6.45) is 5.58. The third kappa shape index (κ3) is 3.27. The number of nitrogens with zero attached hydrogens (tertiary/aromatic N) is 4. The number of rotatable bonds is 4. The van der Waals surface area contributed by atoms with E-state index >= 15 is 0 Å². The lowest BCUT2D eigenvalue weighted by Crippen LogP contribution is -2.43. The van der Waals surface area contributed by atoms with E-state index < -0.39 is 0 Å². The van der Waals surface area contributed by atoms with Crippen molar-refractivity contribution in [2.45, 2.75) is 0 Å². The lowest BCUT2D eigenvalue weighted by atomic mass is 10.2. The van der Waals surface area contributed by atoms with Gasteiger partial charge in [0, 0.05) is 61.2 Å². The number of aromatic amines is 1. The van der Waals surface area contributed by atoms with Gasteiger partial charge in [-0.25, -0.2) is 15.0 Å². The van der Waals surface area contributed by atoms with Crippen LogP contribution in [0.15, 0.2) is 61.1 Å². The second-order valence-corrected chi connectivity index (χ2v) is 6.78. The van der Waals surface area contributed by atoms with Crippen molar-refractivity contribution < 1.29 is 0 Å². The largest absolute Gasteiger partial charge is 0.361 e. The number of pyridine rings is 1. The van der Waals surface area contributed by atoms with Crippen LogP contribution in [0, 0.1) is 0 Å². The zero-order valence-corrected chi connectivity index (χ0v) is 15.4. The van der Waals surface area contributed by atoms with Crippen LogP contribution in [0.2, 0.25) is 0 Å². The van der Waals surface area contributed by atoms with Crippen molar-refractivity contribution in [3.05, 3.63) is 61.1 Å². The molecule has 140 valence electrons. The highest BCUT2D eigenvalue weighted by molar-refractivity contribution is 5.93. The van der Waals surface area contributed by atoms with Crippen molar-refractivity contribution >= 4 is 28.4 Å². The van der Waals surface area contributed by atoms with Crippen LogP contribution in [-0.2, 0) is 0 Å². The fourth-order valence-corrected chi connectivity index (χ4v) is 3.51. The van der Waals surface area contributed by atoms with Crippen molar-refractivity contribution in [1.82, 2.24) is 25.3 Å². The highest BCUT2D eigenvalue weighted by Crippen LogP contribution is 2.25. The fourth-order valence-electron chi connectivity index (χ4n) is 3.51. The van der Waals surface area contributed by atoms with Crippen LogP contribution in [0.3, 0.4) is 0 Å². The number of hydrogen-bond donors (Lipinski definition) is 3. The van der Waals surface area contributed by atoms with Gasteiger partial charge in [-0.15, -0.1) is 0 Å². The van der Waals surface area contributed by atoms with Gasteiger partial charge in [-0.05, 0) is 36.4 Å². The second kappa shape index (κ2) is 7.28. The van der Waals surface area contributed by atoms with Crippen LogP contribution in [0.1, 0.15) is 0 Å². The van der Waals surface area contributed by atoms with Crippen LogP contribution in [-0.4, -0.2) is 46.1 Å². The van der Waals surface area contributed by atoms with Gasteiger partial charge in [-0.1, -0.05) is 6.07 Å². The number of aromatic nitrogens is 4. The number of hydrogen-bond acceptors (Lipinski definition) is 6. The Morgan fingerprint density at radius 1 is 0.964 bits per heavy atom. The molecule has 0 atom stereocenters. The molecule has 0 amide bonds. The number of piperazine rings is 1. The molecule has 1 aliphatic heterocycles. The third-order valence-corrected chi connectivity index (χ3v) is 4.98. The van der Waals surface area contributed by atoms with Crippen LogP contribution in [0.5, 0.6) is 0 Å². The van der Waals surface area contributed by atoms with Gasteiger partial charge in [0.2, 0.25) is 5.95 Å². The Morgan fingerprint density at radius 2 is 1.89 bits per heavy atom. The molecule has 4 aromatic rings. The zero-order valence-electron chi connectivity index (χ0n) is 15.4. The van der Waals surface area contributed by atoms with E-state index in [0.717, 1.165) is 59.8 Å². The van der Waals surface area contributed by atoms with Gasteiger partial charge in [-0.2, -0.15) is 0 Å². The molecule has 3 N–H and O–H groups in total. The average molecular weight is 371 g/mol. The Kier molecular flexibility index (Phi) is 4.34. The maximum Gasteiger partial charge on any atom is 0.227 e. The summed E-state index contributed by atoms with van der Waals surface area (Å²) in [5, 5.41) is 7.80. The zero-order chi connectivity index (χ0) is 18.8. The summed E-state index contributed by atoms with van der Waals surface area (Å²) >= 11 is 0. The van der Waals surface area contributed by atoms with Gasteiger partial charge in [0.05, 0.1) is 11.4 Å². The quantitative estimate of drug-likeness (QED) is 0.511. The summed E-state index contributed by atoms with van der Waals surface area (Å²) in [5.74, 6) is 1.58. The molecule has 0 radical (unpaired) electrons. The predicted molar refractivity (Wildman–Crippen MR) is 112 cm³/mol. The van der Waals surface area contributed by atoms with Gasteiger partial charge >= 0.3 is 0 Å². The summed E-state index contributed by atoms with van der Waals surface area (Å²) < 4.78 is 0. The maximum absolute atomic E-state index is 4.68. The molecule has 1 aliphatic rings. The SMILES string of the molecule is c1cc(Nc2nccc(-c3ccc(N4CCNCC4)nc3)n2)c2cc[nH]c2c1. The minimum atomic E-state index is 0.567. The molecule has 0 saturated carbocycles. The average Bonchev–Trinajstić information content (AvgIpc) is 3.25. The number of benzene rings is 1. The van der Waals surface area contributed by atoms with Crippen molar-refractivity contribution in [3.63, 3.8) is 0 Å². The lowest BCUT2D eigenvalue weighted by Gasteiger charge is -2.28. The summed E-state index contributed by atoms with van der Waals surface area (Å²) in [7, 11) is 0. The van der Waals surface area contributed by atoms with Gasteiger partial charge in [-0.3, -0.25) is 0 Å². The van der Waals surface area contributed by atoms with Gasteiger partial charge in [0.25, 0.3) is 0 Å². The Balaban J connectivity index is 1.39. The van der Waals surface area contributed by atoms with Crippen LogP contribution >= 0.6 is 0 Å². The van der Waals surface area contributed by atoms with Crippen LogP contribution < -0.4 is 15.5 Å². The molecule has 5 rings (SSSR count). The van der Waals surface area contributed by atoms with Crippen molar-refractivity contribution in [2.75, 3.05) is 36.4 Å². The smallest absolute Gasteiger partial charge is 0.227 e. The van der Waals surface area contributed by atoms with E-state index in [1.807, 2.05) is 42.7 Å². The van der Waals surface area contributed by atoms with E-state index in [1.165, 1.54) is 0 Å². The molecule has 3 aromatic heterocycles. The fraction of sp³-hybridized carbons (Fsp3) is 0.190. The van der Waals surface area contributed by atoms with E-state index in [1.54, 1.807) is 6.20 Å². The first-order chi connectivity index (χ1) is 13.9. The molecule has 0 aliphatic carbocycles. The summed E-state index contributed by atoms with van der Waals surface area (Å²) in [6.45, 7) is 3.97. The van der Waals surface area contributed by atoms with E-state index in [9.17, 15) is 0 Å². The van der Waals surface area contributed by atoms with E-state index in [4.69, 9.17) is 0 Å². The van der Waals surface area contributed by atoms with Gasteiger partial charge in [0.1, 0.15) is 5.82 Å². The Morgan fingerprint density at radius 3 is 2.75 bits per heavy atom. The monoisotopic (exact) mass is 371 g/mol. The molecule has 28 heavy (non-hydrogen) atoms. The molecular formula is C21H21N7. The first-order valence-electron chi connectivity index (χ1n) is 9.45. The summed E-state index contributed by atoms with van der Waals surface area (Å²) in [4.78, 5) is 19.2. The molecule has 7 nitrogen and oxygen atoms in total. The second-order valence-electron chi connectivity index (χ2n) is 6.78. The number of nitrogens with one attached hydrogen (secondary N) is 3. The van der Waals surface area contributed by atoms with Gasteiger partial charge in [0.15, 0.2) is 0 Å². The topological polar surface area (TPSA) is 81.8 Å². The predicted octanol–water partition coefficient (Wildman–Crippen LogP) is 3.17. The molecular weight excluding hydrogens is 350 g/mol. The van der Waals surface area contributed by atoms with Crippen molar-refractivity contribution in [3.8, 4) is 11.3 Å².